The first-order chi connectivity index (χ1) is 15.8. The summed E-state index contributed by atoms with van der Waals surface area (Å²) < 4.78 is 5.89. The molecule has 3 aromatic rings. The molecule has 0 radical (unpaired) electrons. The molecule has 0 heterocycles. The van der Waals surface area contributed by atoms with Crippen LogP contribution in [-0.4, -0.2) is 23.8 Å². The number of nitro groups is 1. The predicted octanol–water partition coefficient (Wildman–Crippen LogP) is 5.43. The Hall–Kier alpha value is -3.69. The molecule has 3 aromatic carbocycles. The quantitative estimate of drug-likeness (QED) is 0.240. The van der Waals surface area contributed by atoms with E-state index in [1.54, 1.807) is 42.5 Å². The van der Waals surface area contributed by atoms with Crippen LogP contribution in [-0.2, 0) is 4.79 Å². The smallest absolute Gasteiger partial charge is 0.272 e. The number of anilines is 1. The van der Waals surface area contributed by atoms with E-state index in [-0.39, 0.29) is 16.9 Å². The summed E-state index contributed by atoms with van der Waals surface area (Å²) in [4.78, 5) is 36.4. The summed E-state index contributed by atoms with van der Waals surface area (Å²) in [5.41, 5.74) is 0.819. The van der Waals surface area contributed by atoms with Gasteiger partial charge >= 0.3 is 0 Å². The maximum Gasteiger partial charge on any atom is 0.272 e. The van der Waals surface area contributed by atoms with Crippen LogP contribution in [0.15, 0.2) is 76.9 Å². The van der Waals surface area contributed by atoms with Crippen molar-refractivity contribution < 1.29 is 19.2 Å². The largest absolute Gasteiger partial charge is 0.496 e. The zero-order valence-electron chi connectivity index (χ0n) is 17.2. The van der Waals surface area contributed by atoms with Gasteiger partial charge in [-0.3, -0.25) is 19.7 Å². The van der Waals surface area contributed by atoms with E-state index in [0.717, 1.165) is 0 Å². The number of hydrogen-bond donors (Lipinski definition) is 2. The van der Waals surface area contributed by atoms with Crippen molar-refractivity contribution in [1.29, 1.82) is 0 Å². The molecule has 0 aliphatic carbocycles. The van der Waals surface area contributed by atoms with Crippen molar-refractivity contribution in [3.63, 3.8) is 0 Å². The van der Waals surface area contributed by atoms with E-state index in [0.29, 0.717) is 26.5 Å². The Kier molecular flexibility index (Phi) is 7.81. The lowest BCUT2D eigenvalue weighted by atomic mass is 10.1. The van der Waals surface area contributed by atoms with Gasteiger partial charge in [0.15, 0.2) is 0 Å². The number of ether oxygens (including phenoxy) is 1. The molecule has 8 nitrogen and oxygen atoms in total. The molecule has 168 valence electrons. The predicted molar refractivity (Wildman–Crippen MR) is 129 cm³/mol. The van der Waals surface area contributed by atoms with Gasteiger partial charge in [-0.15, -0.1) is 0 Å². The van der Waals surface area contributed by atoms with Crippen LogP contribution in [0.25, 0.3) is 6.08 Å². The van der Waals surface area contributed by atoms with Crippen molar-refractivity contribution in [2.45, 2.75) is 0 Å². The van der Waals surface area contributed by atoms with Crippen LogP contribution in [0.2, 0.25) is 5.02 Å². The SMILES string of the molecule is COc1ccc(Br)cc1C(=O)N/C(=C\c1ccc([N+](=O)[O-])cc1)C(=O)Nc1ccccc1Cl. The average molecular weight is 531 g/mol. The maximum absolute atomic E-state index is 13.0. The van der Waals surface area contributed by atoms with Crippen molar-refractivity contribution in [2.24, 2.45) is 0 Å². The molecule has 2 amide bonds. The lowest BCUT2D eigenvalue weighted by molar-refractivity contribution is -0.384. The summed E-state index contributed by atoms with van der Waals surface area (Å²) >= 11 is 9.45. The highest BCUT2D eigenvalue weighted by Gasteiger charge is 2.19. The highest BCUT2D eigenvalue weighted by molar-refractivity contribution is 9.10. The minimum absolute atomic E-state index is 0.0999. The number of hydrogen-bond acceptors (Lipinski definition) is 5. The average Bonchev–Trinajstić information content (AvgIpc) is 2.80. The van der Waals surface area contributed by atoms with Gasteiger partial charge in [-0.1, -0.05) is 39.7 Å². The molecule has 0 bridgehead atoms. The van der Waals surface area contributed by atoms with Crippen molar-refractivity contribution in [3.05, 3.63) is 103 Å². The van der Waals surface area contributed by atoms with Crippen molar-refractivity contribution in [2.75, 3.05) is 12.4 Å². The molecule has 0 aliphatic rings. The number of non-ortho nitro benzene ring substituents is 1. The molecule has 0 unspecified atom stereocenters. The van der Waals surface area contributed by atoms with E-state index in [2.05, 4.69) is 26.6 Å². The molecule has 0 spiro atoms. The second-order valence-electron chi connectivity index (χ2n) is 6.64. The Morgan fingerprint density at radius 3 is 2.42 bits per heavy atom. The number of carbonyl (C=O) groups excluding carboxylic acids is 2. The topological polar surface area (TPSA) is 111 Å². The third-order valence-corrected chi connectivity index (χ3v) is 5.26. The Morgan fingerprint density at radius 1 is 1.09 bits per heavy atom. The molecule has 0 aromatic heterocycles. The van der Waals surface area contributed by atoms with Crippen molar-refractivity contribution in [3.8, 4) is 5.75 Å². The fourth-order valence-electron chi connectivity index (χ4n) is 2.82. The first kappa shape index (κ1) is 24.0. The van der Waals surface area contributed by atoms with E-state index in [4.69, 9.17) is 16.3 Å². The first-order valence-corrected chi connectivity index (χ1v) is 10.6. The minimum atomic E-state index is -0.635. The molecule has 2 N–H and O–H groups in total. The number of rotatable bonds is 7. The number of para-hydroxylation sites is 1. The summed E-state index contributed by atoms with van der Waals surface area (Å²) in [5.74, 6) is -0.906. The fraction of sp³-hybridized carbons (Fsp3) is 0.0435. The van der Waals surface area contributed by atoms with Gasteiger partial charge < -0.3 is 15.4 Å². The van der Waals surface area contributed by atoms with Crippen LogP contribution in [0.1, 0.15) is 15.9 Å². The normalized spacial score (nSPS) is 10.9. The molecule has 10 heteroatoms. The van der Waals surface area contributed by atoms with Crippen LogP contribution in [0.4, 0.5) is 11.4 Å². The summed E-state index contributed by atoms with van der Waals surface area (Å²) in [6, 6.07) is 17.1. The van der Waals surface area contributed by atoms with Crippen LogP contribution < -0.4 is 15.4 Å². The standard InChI is InChI=1S/C23H17BrClN3O5/c1-33-21-11-8-15(24)13-17(21)22(29)27-20(12-14-6-9-16(10-7-14)28(31)32)23(30)26-19-5-3-2-4-18(19)25/h2-13H,1H3,(H,26,30)(H,27,29)/b20-12-. The summed E-state index contributed by atoms with van der Waals surface area (Å²) in [6.45, 7) is 0. The van der Waals surface area contributed by atoms with Gasteiger partial charge in [0.25, 0.3) is 17.5 Å². The Bertz CT molecular complexity index is 1250. The van der Waals surface area contributed by atoms with Gasteiger partial charge in [0.05, 0.1) is 28.3 Å². The Morgan fingerprint density at radius 2 is 1.79 bits per heavy atom. The number of nitrogens with zero attached hydrogens (tertiary/aromatic N) is 1. The first-order valence-electron chi connectivity index (χ1n) is 9.45. The lowest BCUT2D eigenvalue weighted by Crippen LogP contribution is -2.31. The monoisotopic (exact) mass is 529 g/mol. The Balaban J connectivity index is 1.96. The third kappa shape index (κ3) is 6.18. The number of methoxy groups -OCH3 is 1. The number of amides is 2. The second-order valence-corrected chi connectivity index (χ2v) is 7.96. The van der Waals surface area contributed by atoms with Gasteiger partial charge in [-0.05, 0) is 54.1 Å². The second kappa shape index (κ2) is 10.8. The molecule has 0 atom stereocenters. The number of benzene rings is 3. The van der Waals surface area contributed by atoms with E-state index in [1.807, 2.05) is 0 Å². The van der Waals surface area contributed by atoms with Crippen LogP contribution in [0, 0.1) is 10.1 Å². The fourth-order valence-corrected chi connectivity index (χ4v) is 3.36. The summed E-state index contributed by atoms with van der Waals surface area (Å²) in [7, 11) is 1.43. The van der Waals surface area contributed by atoms with Crippen LogP contribution >= 0.6 is 27.5 Å². The van der Waals surface area contributed by atoms with Gasteiger partial charge in [0, 0.05) is 16.6 Å². The van der Waals surface area contributed by atoms with E-state index >= 15 is 0 Å². The summed E-state index contributed by atoms with van der Waals surface area (Å²) in [6.07, 6.45) is 1.40. The molecule has 33 heavy (non-hydrogen) atoms. The molecular weight excluding hydrogens is 514 g/mol. The molecule has 0 aliphatic heterocycles. The van der Waals surface area contributed by atoms with Gasteiger partial charge in [-0.2, -0.15) is 0 Å². The zero-order chi connectivity index (χ0) is 24.0. The molecule has 0 saturated heterocycles. The number of carbonyl (C=O) groups is 2. The maximum atomic E-state index is 13.0. The van der Waals surface area contributed by atoms with Crippen LogP contribution in [0.5, 0.6) is 5.75 Å². The van der Waals surface area contributed by atoms with Crippen molar-refractivity contribution in [1.82, 2.24) is 5.32 Å². The van der Waals surface area contributed by atoms with E-state index in [9.17, 15) is 19.7 Å². The number of halogens is 2. The summed E-state index contributed by atoms with van der Waals surface area (Å²) in [5, 5.41) is 16.5. The molecule has 0 saturated carbocycles. The Labute approximate surface area is 202 Å². The third-order valence-electron chi connectivity index (χ3n) is 4.44. The zero-order valence-corrected chi connectivity index (χ0v) is 19.5. The van der Waals surface area contributed by atoms with E-state index in [1.165, 1.54) is 37.5 Å². The van der Waals surface area contributed by atoms with Crippen LogP contribution in [0.3, 0.4) is 0 Å². The highest BCUT2D eigenvalue weighted by Crippen LogP contribution is 2.24. The van der Waals surface area contributed by atoms with Gasteiger partial charge in [0.1, 0.15) is 11.4 Å². The van der Waals surface area contributed by atoms with E-state index < -0.39 is 16.7 Å². The number of nitrogens with one attached hydrogen (secondary N) is 2. The van der Waals surface area contributed by atoms with Crippen molar-refractivity contribution >= 4 is 56.8 Å². The van der Waals surface area contributed by atoms with Gasteiger partial charge in [0.2, 0.25) is 0 Å². The molecule has 3 rings (SSSR count). The molecule has 0 fully saturated rings. The van der Waals surface area contributed by atoms with Gasteiger partial charge in [-0.25, -0.2) is 0 Å². The minimum Gasteiger partial charge on any atom is -0.496 e. The molecular formula is C23H17BrClN3O5. The lowest BCUT2D eigenvalue weighted by Gasteiger charge is -2.14. The number of nitro benzene ring substituents is 1. The highest BCUT2D eigenvalue weighted by atomic mass is 79.9.